The van der Waals surface area contributed by atoms with Gasteiger partial charge in [-0.25, -0.2) is 4.68 Å². The van der Waals surface area contributed by atoms with E-state index in [-0.39, 0.29) is 5.69 Å². The molecule has 6 heteroatoms. The van der Waals surface area contributed by atoms with Gasteiger partial charge in [0.15, 0.2) is 6.29 Å². The monoisotopic (exact) mass is 268 g/mol. The molecule has 3 nitrogen and oxygen atoms in total. The highest BCUT2D eigenvalue weighted by atomic mass is 19.4. The first-order valence-electron chi connectivity index (χ1n) is 5.53. The van der Waals surface area contributed by atoms with Crippen molar-refractivity contribution in [2.45, 2.75) is 20.0 Å². The van der Waals surface area contributed by atoms with Crippen molar-refractivity contribution in [1.29, 1.82) is 0 Å². The molecular formula is C13H11F3N2O. The molecule has 0 aliphatic heterocycles. The van der Waals surface area contributed by atoms with Crippen LogP contribution in [-0.4, -0.2) is 16.1 Å². The summed E-state index contributed by atoms with van der Waals surface area (Å²) in [5, 5.41) is 4.09. The normalized spacial score (nSPS) is 11.6. The average molecular weight is 268 g/mol. The SMILES string of the molecule is Cc1nn(-c2cccc(C(F)(F)F)c2)c(C)c1C=O. The van der Waals surface area contributed by atoms with Gasteiger partial charge in [-0.2, -0.15) is 18.3 Å². The highest BCUT2D eigenvalue weighted by Crippen LogP contribution is 2.30. The highest BCUT2D eigenvalue weighted by Gasteiger charge is 2.30. The number of nitrogens with zero attached hydrogens (tertiary/aromatic N) is 2. The zero-order chi connectivity index (χ0) is 14.2. The van der Waals surface area contributed by atoms with E-state index in [2.05, 4.69) is 5.10 Å². The van der Waals surface area contributed by atoms with Crippen molar-refractivity contribution in [1.82, 2.24) is 9.78 Å². The molecule has 0 aliphatic carbocycles. The molecule has 1 aromatic carbocycles. The van der Waals surface area contributed by atoms with Crippen LogP contribution in [0.4, 0.5) is 13.2 Å². The average Bonchev–Trinajstić information content (AvgIpc) is 2.63. The topological polar surface area (TPSA) is 34.9 Å². The second-order valence-electron chi connectivity index (χ2n) is 4.16. The van der Waals surface area contributed by atoms with Gasteiger partial charge in [0.1, 0.15) is 0 Å². The second kappa shape index (κ2) is 4.53. The molecule has 0 saturated carbocycles. The summed E-state index contributed by atoms with van der Waals surface area (Å²) in [6.45, 7) is 3.28. The number of carbonyl (C=O) groups excluding carboxylic acids is 1. The zero-order valence-corrected chi connectivity index (χ0v) is 10.3. The van der Waals surface area contributed by atoms with Crippen LogP contribution in [0.2, 0.25) is 0 Å². The van der Waals surface area contributed by atoms with Crippen molar-refractivity contribution < 1.29 is 18.0 Å². The Morgan fingerprint density at radius 3 is 2.47 bits per heavy atom. The Labute approximate surface area is 107 Å². The third kappa shape index (κ3) is 2.38. The molecule has 0 atom stereocenters. The van der Waals surface area contributed by atoms with Crippen LogP contribution in [-0.2, 0) is 6.18 Å². The maximum Gasteiger partial charge on any atom is 0.416 e. The summed E-state index contributed by atoms with van der Waals surface area (Å²) in [5.41, 5.74) is 0.947. The van der Waals surface area contributed by atoms with E-state index in [4.69, 9.17) is 0 Å². The summed E-state index contributed by atoms with van der Waals surface area (Å²) in [4.78, 5) is 10.9. The van der Waals surface area contributed by atoms with Crippen LogP contribution in [0.1, 0.15) is 27.3 Å². The minimum atomic E-state index is -4.40. The lowest BCUT2D eigenvalue weighted by molar-refractivity contribution is -0.137. The van der Waals surface area contributed by atoms with Crippen LogP contribution in [0.3, 0.4) is 0 Å². The number of alkyl halides is 3. The number of rotatable bonds is 2. The molecule has 1 aromatic heterocycles. The Hall–Kier alpha value is -2.11. The number of carbonyl (C=O) groups is 1. The molecule has 1 heterocycles. The Bertz CT molecular complexity index is 629. The maximum atomic E-state index is 12.6. The van der Waals surface area contributed by atoms with Gasteiger partial charge in [-0.3, -0.25) is 4.79 Å². The van der Waals surface area contributed by atoms with Gasteiger partial charge in [-0.15, -0.1) is 0 Å². The number of benzene rings is 1. The van der Waals surface area contributed by atoms with Crippen molar-refractivity contribution >= 4 is 6.29 Å². The molecule has 0 bridgehead atoms. The first kappa shape index (κ1) is 13.3. The molecule has 0 unspecified atom stereocenters. The molecule has 0 spiro atoms. The number of aldehydes is 1. The Kier molecular flexibility index (Phi) is 3.18. The van der Waals surface area contributed by atoms with Crippen LogP contribution >= 0.6 is 0 Å². The smallest absolute Gasteiger partial charge is 0.298 e. The van der Waals surface area contributed by atoms with Gasteiger partial charge in [0, 0.05) is 0 Å². The summed E-state index contributed by atoms with van der Waals surface area (Å²) in [6.07, 6.45) is -3.75. The molecular weight excluding hydrogens is 257 g/mol. The fourth-order valence-electron chi connectivity index (χ4n) is 1.89. The largest absolute Gasteiger partial charge is 0.416 e. The van der Waals surface area contributed by atoms with Crippen molar-refractivity contribution in [2.24, 2.45) is 0 Å². The molecule has 19 heavy (non-hydrogen) atoms. The van der Waals surface area contributed by atoms with Gasteiger partial charge < -0.3 is 0 Å². The van der Waals surface area contributed by atoms with E-state index in [9.17, 15) is 18.0 Å². The summed E-state index contributed by atoms with van der Waals surface area (Å²) >= 11 is 0. The molecule has 0 radical (unpaired) electrons. The van der Waals surface area contributed by atoms with Crippen molar-refractivity contribution in [3.8, 4) is 5.69 Å². The van der Waals surface area contributed by atoms with Gasteiger partial charge in [0.2, 0.25) is 0 Å². The van der Waals surface area contributed by atoms with Gasteiger partial charge in [-0.05, 0) is 32.0 Å². The van der Waals surface area contributed by atoms with E-state index in [1.807, 2.05) is 0 Å². The lowest BCUT2D eigenvalue weighted by atomic mass is 10.2. The van der Waals surface area contributed by atoms with Gasteiger partial charge in [-0.1, -0.05) is 6.07 Å². The number of hydrogen-bond acceptors (Lipinski definition) is 2. The van der Waals surface area contributed by atoms with Gasteiger partial charge >= 0.3 is 6.18 Å². The van der Waals surface area contributed by atoms with E-state index in [0.29, 0.717) is 23.2 Å². The van der Waals surface area contributed by atoms with Crippen LogP contribution in [0.5, 0.6) is 0 Å². The first-order chi connectivity index (χ1) is 8.84. The molecule has 0 aliphatic rings. The molecule has 0 amide bonds. The molecule has 0 saturated heterocycles. The van der Waals surface area contributed by atoms with Crippen molar-refractivity contribution in [3.05, 3.63) is 46.8 Å². The quantitative estimate of drug-likeness (QED) is 0.783. The summed E-state index contributed by atoms with van der Waals surface area (Å²) in [5.74, 6) is 0. The Morgan fingerprint density at radius 1 is 1.26 bits per heavy atom. The Balaban J connectivity index is 2.57. The van der Waals surface area contributed by atoms with Crippen LogP contribution in [0, 0.1) is 13.8 Å². The highest BCUT2D eigenvalue weighted by molar-refractivity contribution is 5.78. The zero-order valence-electron chi connectivity index (χ0n) is 10.3. The van der Waals surface area contributed by atoms with Gasteiger partial charge in [0.25, 0.3) is 0 Å². The third-order valence-electron chi connectivity index (χ3n) is 2.88. The van der Waals surface area contributed by atoms with Crippen LogP contribution in [0.25, 0.3) is 5.69 Å². The number of hydrogen-bond donors (Lipinski definition) is 0. The third-order valence-corrected chi connectivity index (χ3v) is 2.88. The minimum Gasteiger partial charge on any atom is -0.298 e. The number of aromatic nitrogens is 2. The summed E-state index contributed by atoms with van der Waals surface area (Å²) in [6, 6.07) is 4.84. The fourth-order valence-corrected chi connectivity index (χ4v) is 1.89. The lowest BCUT2D eigenvalue weighted by Crippen LogP contribution is -2.07. The van der Waals surface area contributed by atoms with E-state index in [1.54, 1.807) is 13.8 Å². The number of halogens is 3. The molecule has 2 rings (SSSR count). The fraction of sp³-hybridized carbons (Fsp3) is 0.231. The lowest BCUT2D eigenvalue weighted by Gasteiger charge is -2.09. The predicted molar refractivity (Wildman–Crippen MR) is 63.4 cm³/mol. The van der Waals surface area contributed by atoms with Gasteiger partial charge in [0.05, 0.1) is 28.2 Å². The first-order valence-corrected chi connectivity index (χ1v) is 5.53. The van der Waals surface area contributed by atoms with Crippen molar-refractivity contribution in [2.75, 3.05) is 0 Å². The minimum absolute atomic E-state index is 0.281. The van der Waals surface area contributed by atoms with Crippen LogP contribution < -0.4 is 0 Å². The molecule has 100 valence electrons. The summed E-state index contributed by atoms with van der Waals surface area (Å²) < 4.78 is 39.3. The van der Waals surface area contributed by atoms with E-state index >= 15 is 0 Å². The molecule has 0 fully saturated rings. The second-order valence-corrected chi connectivity index (χ2v) is 4.16. The standard InChI is InChI=1S/C13H11F3N2O/c1-8-12(7-19)9(2)18(17-8)11-5-3-4-10(6-11)13(14,15)16/h3-7H,1-2H3. The Morgan fingerprint density at radius 2 is 1.95 bits per heavy atom. The van der Waals surface area contributed by atoms with Crippen molar-refractivity contribution in [3.63, 3.8) is 0 Å². The number of aryl methyl sites for hydroxylation is 1. The van der Waals surface area contributed by atoms with E-state index in [1.165, 1.54) is 16.8 Å². The molecule has 0 N–H and O–H groups in total. The molecule has 2 aromatic rings. The van der Waals surface area contributed by atoms with E-state index < -0.39 is 11.7 Å². The maximum absolute atomic E-state index is 12.6. The van der Waals surface area contributed by atoms with E-state index in [0.717, 1.165) is 12.1 Å². The van der Waals surface area contributed by atoms with Crippen LogP contribution in [0.15, 0.2) is 24.3 Å². The summed E-state index contributed by atoms with van der Waals surface area (Å²) in [7, 11) is 0. The predicted octanol–water partition coefficient (Wildman–Crippen LogP) is 3.32.